The maximum atomic E-state index is 10.2. The molecule has 1 atom stereocenters. The smallest absolute Gasteiger partial charge is 0.331 e. The monoisotopic (exact) mass is 128 g/mol. The Bertz CT molecular complexity index is 160. The molecule has 3 heteroatoms. The van der Waals surface area contributed by atoms with Crippen molar-refractivity contribution in [1.82, 2.24) is 0 Å². The van der Waals surface area contributed by atoms with E-state index in [-0.39, 0.29) is 0 Å². The molecule has 50 valence electrons. The highest BCUT2D eigenvalue weighted by Gasteiger charge is 2.18. The third-order valence-corrected chi connectivity index (χ3v) is 1.37. The first-order valence-corrected chi connectivity index (χ1v) is 2.80. The Morgan fingerprint density at radius 3 is 2.67 bits per heavy atom. The van der Waals surface area contributed by atoms with Crippen molar-refractivity contribution in [2.24, 2.45) is 0 Å². The average Bonchev–Trinajstić information content (AvgIpc) is 2.14. The first kappa shape index (κ1) is 6.29. The van der Waals surface area contributed by atoms with Crippen LogP contribution in [0.15, 0.2) is 11.6 Å². The van der Waals surface area contributed by atoms with Gasteiger partial charge in [-0.25, -0.2) is 4.79 Å². The topological polar surface area (TPSA) is 57.5 Å². The predicted molar refractivity (Wildman–Crippen MR) is 31.0 cm³/mol. The Kier molecular flexibility index (Phi) is 1.53. The lowest BCUT2D eigenvalue weighted by Gasteiger charge is -1.96. The number of carbonyl (C=O) groups is 1. The lowest BCUT2D eigenvalue weighted by Crippen LogP contribution is -2.03. The summed E-state index contributed by atoms with van der Waals surface area (Å²) in [6, 6.07) is 0. The Hall–Kier alpha value is -0.830. The zero-order valence-corrected chi connectivity index (χ0v) is 4.87. The van der Waals surface area contributed by atoms with Crippen molar-refractivity contribution in [3.63, 3.8) is 0 Å². The summed E-state index contributed by atoms with van der Waals surface area (Å²) in [6.07, 6.45) is 1.89. The van der Waals surface area contributed by atoms with Gasteiger partial charge in [-0.1, -0.05) is 6.08 Å². The largest absolute Gasteiger partial charge is 0.478 e. The fraction of sp³-hybridized carbons (Fsp3) is 0.500. The highest BCUT2D eigenvalue weighted by atomic mass is 16.4. The second-order valence-electron chi connectivity index (χ2n) is 2.13. The second-order valence-corrected chi connectivity index (χ2v) is 2.13. The number of hydrogen-bond donors (Lipinski definition) is 2. The zero-order chi connectivity index (χ0) is 6.85. The summed E-state index contributed by atoms with van der Waals surface area (Å²) in [5.41, 5.74) is 0.336. The van der Waals surface area contributed by atoms with E-state index in [0.717, 1.165) is 0 Å². The van der Waals surface area contributed by atoms with Gasteiger partial charge in [0.1, 0.15) is 0 Å². The highest BCUT2D eigenvalue weighted by Crippen LogP contribution is 2.17. The minimum Gasteiger partial charge on any atom is -0.478 e. The van der Waals surface area contributed by atoms with Gasteiger partial charge in [0.05, 0.1) is 6.10 Å². The third-order valence-electron chi connectivity index (χ3n) is 1.37. The van der Waals surface area contributed by atoms with Crippen LogP contribution in [0.4, 0.5) is 0 Å². The molecule has 0 aromatic carbocycles. The van der Waals surface area contributed by atoms with Crippen LogP contribution in [0, 0.1) is 0 Å². The molecule has 0 aromatic heterocycles. The minimum absolute atomic E-state index is 0.301. The molecule has 0 aliphatic heterocycles. The van der Waals surface area contributed by atoms with E-state index in [1.165, 1.54) is 0 Å². The zero-order valence-electron chi connectivity index (χ0n) is 4.87. The number of aliphatic carboxylic acids is 1. The molecule has 0 spiro atoms. The SMILES string of the molecule is O=C(O)C1=CCC(O)C1. The molecule has 3 nitrogen and oxygen atoms in total. The molecule has 0 amide bonds. The summed E-state index contributed by atoms with van der Waals surface area (Å²) in [5.74, 6) is -0.911. The van der Waals surface area contributed by atoms with E-state index in [2.05, 4.69) is 0 Å². The van der Waals surface area contributed by atoms with E-state index < -0.39 is 12.1 Å². The molecule has 1 unspecified atom stereocenters. The molecule has 0 aromatic rings. The van der Waals surface area contributed by atoms with Crippen LogP contribution < -0.4 is 0 Å². The maximum absolute atomic E-state index is 10.2. The molecular weight excluding hydrogens is 120 g/mol. The van der Waals surface area contributed by atoms with Crippen LogP contribution in [0.3, 0.4) is 0 Å². The van der Waals surface area contributed by atoms with Gasteiger partial charge in [-0.15, -0.1) is 0 Å². The number of carboxylic acids is 1. The van der Waals surface area contributed by atoms with E-state index in [4.69, 9.17) is 10.2 Å². The lowest BCUT2D eigenvalue weighted by molar-refractivity contribution is -0.132. The molecule has 2 N–H and O–H groups in total. The first-order chi connectivity index (χ1) is 4.20. The lowest BCUT2D eigenvalue weighted by atomic mass is 10.2. The average molecular weight is 128 g/mol. The van der Waals surface area contributed by atoms with Gasteiger partial charge in [-0.2, -0.15) is 0 Å². The van der Waals surface area contributed by atoms with Crippen LogP contribution >= 0.6 is 0 Å². The normalized spacial score (nSPS) is 25.9. The van der Waals surface area contributed by atoms with Gasteiger partial charge in [-0.3, -0.25) is 0 Å². The van der Waals surface area contributed by atoms with Crippen molar-refractivity contribution in [2.45, 2.75) is 18.9 Å². The predicted octanol–water partition coefficient (Wildman–Crippen LogP) is 0.152. The molecule has 9 heavy (non-hydrogen) atoms. The van der Waals surface area contributed by atoms with Crippen LogP contribution in [-0.2, 0) is 4.79 Å². The number of rotatable bonds is 1. The fourth-order valence-corrected chi connectivity index (χ4v) is 0.873. The minimum atomic E-state index is -0.911. The Labute approximate surface area is 52.6 Å². The van der Waals surface area contributed by atoms with E-state index in [1.54, 1.807) is 6.08 Å². The van der Waals surface area contributed by atoms with Crippen molar-refractivity contribution in [3.05, 3.63) is 11.6 Å². The molecule has 1 rings (SSSR count). The van der Waals surface area contributed by atoms with E-state index in [0.29, 0.717) is 18.4 Å². The van der Waals surface area contributed by atoms with Gasteiger partial charge in [0.2, 0.25) is 0 Å². The molecule has 0 saturated heterocycles. The Balaban J connectivity index is 2.55. The van der Waals surface area contributed by atoms with Crippen LogP contribution in [0.2, 0.25) is 0 Å². The van der Waals surface area contributed by atoms with Gasteiger partial charge in [0, 0.05) is 12.0 Å². The molecule has 0 fully saturated rings. The van der Waals surface area contributed by atoms with Crippen molar-refractivity contribution < 1.29 is 15.0 Å². The fourth-order valence-electron chi connectivity index (χ4n) is 0.873. The molecule has 0 heterocycles. The molecular formula is C6H8O3. The van der Waals surface area contributed by atoms with Crippen LogP contribution in [0.5, 0.6) is 0 Å². The van der Waals surface area contributed by atoms with Gasteiger partial charge >= 0.3 is 5.97 Å². The Morgan fingerprint density at radius 1 is 1.78 bits per heavy atom. The standard InChI is InChI=1S/C6H8O3/c7-5-2-1-4(3-5)6(8)9/h1,5,7H,2-3H2,(H,8,9). The number of aliphatic hydroxyl groups is 1. The van der Waals surface area contributed by atoms with Crippen LogP contribution in [-0.4, -0.2) is 22.3 Å². The van der Waals surface area contributed by atoms with E-state index in [9.17, 15) is 4.79 Å². The van der Waals surface area contributed by atoms with Gasteiger partial charge < -0.3 is 10.2 Å². The summed E-state index contributed by atoms with van der Waals surface area (Å²) in [4.78, 5) is 10.2. The summed E-state index contributed by atoms with van der Waals surface area (Å²) in [6.45, 7) is 0. The number of hydrogen-bond acceptors (Lipinski definition) is 2. The van der Waals surface area contributed by atoms with Crippen molar-refractivity contribution >= 4 is 5.97 Å². The van der Waals surface area contributed by atoms with Gasteiger partial charge in [0.25, 0.3) is 0 Å². The van der Waals surface area contributed by atoms with Crippen LogP contribution in [0.1, 0.15) is 12.8 Å². The summed E-state index contributed by atoms with van der Waals surface area (Å²) >= 11 is 0. The van der Waals surface area contributed by atoms with E-state index in [1.807, 2.05) is 0 Å². The molecule has 0 saturated carbocycles. The summed E-state index contributed by atoms with van der Waals surface area (Å²) in [5, 5.41) is 17.2. The number of aliphatic hydroxyl groups excluding tert-OH is 1. The van der Waals surface area contributed by atoms with Crippen molar-refractivity contribution in [3.8, 4) is 0 Å². The molecule has 1 aliphatic carbocycles. The van der Waals surface area contributed by atoms with Crippen molar-refractivity contribution in [2.75, 3.05) is 0 Å². The maximum Gasteiger partial charge on any atom is 0.331 e. The number of carboxylic acid groups (broad SMARTS) is 1. The summed E-state index contributed by atoms with van der Waals surface area (Å²) in [7, 11) is 0. The second kappa shape index (κ2) is 2.19. The summed E-state index contributed by atoms with van der Waals surface area (Å²) < 4.78 is 0. The molecule has 1 aliphatic rings. The molecule has 0 radical (unpaired) electrons. The first-order valence-electron chi connectivity index (χ1n) is 2.80. The van der Waals surface area contributed by atoms with Gasteiger partial charge in [-0.05, 0) is 6.42 Å². The quantitative estimate of drug-likeness (QED) is 0.528. The van der Waals surface area contributed by atoms with Gasteiger partial charge in [0.15, 0.2) is 0 Å². The van der Waals surface area contributed by atoms with Crippen molar-refractivity contribution in [1.29, 1.82) is 0 Å². The molecule has 0 bridgehead atoms. The Morgan fingerprint density at radius 2 is 2.44 bits per heavy atom. The van der Waals surface area contributed by atoms with Crippen LogP contribution in [0.25, 0.3) is 0 Å². The highest BCUT2D eigenvalue weighted by molar-refractivity contribution is 5.87. The third kappa shape index (κ3) is 1.29. The van der Waals surface area contributed by atoms with E-state index >= 15 is 0 Å².